The van der Waals surface area contributed by atoms with Gasteiger partial charge in [-0.1, -0.05) is 19.1 Å². The number of nitrogens with zero attached hydrogens (tertiary/aromatic N) is 2. The van der Waals surface area contributed by atoms with Crippen molar-refractivity contribution in [2.75, 3.05) is 13.2 Å². The summed E-state index contributed by atoms with van der Waals surface area (Å²) in [5.74, 6) is 1.98. The Labute approximate surface area is 127 Å². The molecule has 0 aliphatic carbocycles. The quantitative estimate of drug-likeness (QED) is 0.809. The molecule has 0 saturated carbocycles. The molecule has 2 rings (SSSR count). The van der Waals surface area contributed by atoms with Gasteiger partial charge in [0.25, 0.3) is 0 Å². The van der Waals surface area contributed by atoms with Gasteiger partial charge in [-0.2, -0.15) is 0 Å². The molecule has 1 aromatic carbocycles. The lowest BCUT2D eigenvalue weighted by atomic mass is 10.1. The first-order valence-corrected chi connectivity index (χ1v) is 7.77. The van der Waals surface area contributed by atoms with Crippen LogP contribution in [0.2, 0.25) is 0 Å². The van der Waals surface area contributed by atoms with E-state index in [1.54, 1.807) is 0 Å². The van der Waals surface area contributed by atoms with Crippen molar-refractivity contribution in [3.63, 3.8) is 0 Å². The van der Waals surface area contributed by atoms with Crippen molar-refractivity contribution in [3.8, 4) is 5.75 Å². The van der Waals surface area contributed by atoms with Gasteiger partial charge in [-0.15, -0.1) is 0 Å². The molecule has 21 heavy (non-hydrogen) atoms. The molecule has 0 fully saturated rings. The number of hydrogen-bond donors (Lipinski definition) is 1. The smallest absolute Gasteiger partial charge is 0.130 e. The Balaban J connectivity index is 2.26. The van der Waals surface area contributed by atoms with Crippen LogP contribution in [0.5, 0.6) is 5.75 Å². The molecule has 1 aromatic heterocycles. The Kier molecular flexibility index (Phi) is 5.81. The minimum atomic E-state index is 0.121. The molecule has 0 radical (unpaired) electrons. The van der Waals surface area contributed by atoms with Crippen molar-refractivity contribution in [3.05, 3.63) is 48.0 Å². The first-order chi connectivity index (χ1) is 10.3. The number of ether oxygens (including phenoxy) is 1. The summed E-state index contributed by atoms with van der Waals surface area (Å²) in [4.78, 5) is 4.54. The Morgan fingerprint density at radius 1 is 1.19 bits per heavy atom. The second-order valence-corrected chi connectivity index (χ2v) is 4.96. The summed E-state index contributed by atoms with van der Waals surface area (Å²) in [5.41, 5.74) is 1.22. The third-order valence-electron chi connectivity index (χ3n) is 3.47. The monoisotopic (exact) mass is 287 g/mol. The molecule has 4 nitrogen and oxygen atoms in total. The lowest BCUT2D eigenvalue weighted by molar-refractivity contribution is 0.340. The second kappa shape index (κ2) is 7.84. The molecule has 0 aliphatic rings. The minimum Gasteiger partial charge on any atom is -0.494 e. The van der Waals surface area contributed by atoms with E-state index in [0.29, 0.717) is 6.61 Å². The molecule has 0 spiro atoms. The number of aryl methyl sites for hydroxylation is 1. The Morgan fingerprint density at radius 2 is 1.95 bits per heavy atom. The van der Waals surface area contributed by atoms with Crippen molar-refractivity contribution in [2.45, 2.75) is 39.8 Å². The highest BCUT2D eigenvalue weighted by Crippen LogP contribution is 2.23. The third-order valence-corrected chi connectivity index (χ3v) is 3.47. The highest BCUT2D eigenvalue weighted by molar-refractivity contribution is 5.32. The summed E-state index contributed by atoms with van der Waals surface area (Å²) in [6, 6.07) is 8.41. The van der Waals surface area contributed by atoms with E-state index in [4.69, 9.17) is 4.74 Å². The molecule has 0 amide bonds. The summed E-state index contributed by atoms with van der Waals surface area (Å²) in [6.45, 7) is 8.90. The summed E-state index contributed by atoms with van der Waals surface area (Å²) in [5, 5.41) is 3.59. The van der Waals surface area contributed by atoms with Gasteiger partial charge in [-0.05, 0) is 44.5 Å². The fraction of sp³-hybridized carbons (Fsp3) is 0.471. The predicted octanol–water partition coefficient (Wildman–Crippen LogP) is 3.39. The zero-order valence-electron chi connectivity index (χ0n) is 13.2. The summed E-state index contributed by atoms with van der Waals surface area (Å²) < 4.78 is 7.70. The molecule has 1 N–H and O–H groups in total. The van der Waals surface area contributed by atoms with Crippen LogP contribution in [0, 0.1) is 0 Å². The van der Waals surface area contributed by atoms with Gasteiger partial charge in [0.2, 0.25) is 0 Å². The molecule has 0 aliphatic heterocycles. The average molecular weight is 287 g/mol. The van der Waals surface area contributed by atoms with Crippen LogP contribution in [0.25, 0.3) is 0 Å². The maximum atomic E-state index is 5.52. The van der Waals surface area contributed by atoms with Gasteiger partial charge >= 0.3 is 0 Å². The lowest BCUT2D eigenvalue weighted by Gasteiger charge is -2.20. The first-order valence-electron chi connectivity index (χ1n) is 7.77. The van der Waals surface area contributed by atoms with Crippen LogP contribution >= 0.6 is 0 Å². The van der Waals surface area contributed by atoms with E-state index in [1.165, 1.54) is 5.56 Å². The molecule has 0 saturated heterocycles. The average Bonchev–Trinajstić information content (AvgIpc) is 2.98. The fourth-order valence-electron chi connectivity index (χ4n) is 2.42. The van der Waals surface area contributed by atoms with Crippen LogP contribution in [0.1, 0.15) is 44.6 Å². The van der Waals surface area contributed by atoms with Gasteiger partial charge in [0.1, 0.15) is 11.6 Å². The molecule has 0 bridgehead atoms. The van der Waals surface area contributed by atoms with E-state index in [2.05, 4.69) is 40.8 Å². The number of rotatable bonds is 8. The lowest BCUT2D eigenvalue weighted by Crippen LogP contribution is -2.26. The van der Waals surface area contributed by atoms with Gasteiger partial charge in [-0.3, -0.25) is 0 Å². The zero-order valence-corrected chi connectivity index (χ0v) is 13.2. The standard InChI is InChI=1S/C17H25N3O/c1-4-11-18-16(17-19-12-13-20(17)5-2)14-7-9-15(10-8-14)21-6-3/h7-10,12-13,16,18H,4-6,11H2,1-3H3. The maximum absolute atomic E-state index is 5.52. The number of benzene rings is 1. The van der Waals surface area contributed by atoms with Gasteiger partial charge < -0.3 is 14.6 Å². The number of nitrogens with one attached hydrogen (secondary N) is 1. The highest BCUT2D eigenvalue weighted by atomic mass is 16.5. The molecule has 1 atom stereocenters. The predicted molar refractivity (Wildman–Crippen MR) is 85.6 cm³/mol. The summed E-state index contributed by atoms with van der Waals surface area (Å²) in [7, 11) is 0. The Morgan fingerprint density at radius 3 is 2.57 bits per heavy atom. The van der Waals surface area contributed by atoms with Gasteiger partial charge in [0.05, 0.1) is 12.6 Å². The van der Waals surface area contributed by atoms with Crippen molar-refractivity contribution in [1.29, 1.82) is 0 Å². The van der Waals surface area contributed by atoms with Crippen molar-refractivity contribution < 1.29 is 4.74 Å². The fourth-order valence-corrected chi connectivity index (χ4v) is 2.42. The normalized spacial score (nSPS) is 12.3. The highest BCUT2D eigenvalue weighted by Gasteiger charge is 2.18. The van der Waals surface area contributed by atoms with Gasteiger partial charge in [0.15, 0.2) is 0 Å². The second-order valence-electron chi connectivity index (χ2n) is 4.96. The molecule has 1 heterocycles. The molecule has 2 aromatic rings. The largest absolute Gasteiger partial charge is 0.494 e. The van der Waals surface area contributed by atoms with Crippen LogP contribution in [0.15, 0.2) is 36.7 Å². The van der Waals surface area contributed by atoms with Crippen LogP contribution < -0.4 is 10.1 Å². The van der Waals surface area contributed by atoms with E-state index >= 15 is 0 Å². The first kappa shape index (κ1) is 15.6. The van der Waals surface area contributed by atoms with E-state index < -0.39 is 0 Å². The zero-order chi connectivity index (χ0) is 15.1. The number of hydrogen-bond acceptors (Lipinski definition) is 3. The third kappa shape index (κ3) is 3.85. The van der Waals surface area contributed by atoms with Crippen molar-refractivity contribution >= 4 is 0 Å². The van der Waals surface area contributed by atoms with E-state index in [1.807, 2.05) is 31.5 Å². The summed E-state index contributed by atoms with van der Waals surface area (Å²) >= 11 is 0. The van der Waals surface area contributed by atoms with Crippen molar-refractivity contribution in [1.82, 2.24) is 14.9 Å². The van der Waals surface area contributed by atoms with Crippen LogP contribution in [0.3, 0.4) is 0 Å². The van der Waals surface area contributed by atoms with Crippen LogP contribution in [0.4, 0.5) is 0 Å². The minimum absolute atomic E-state index is 0.121. The molecule has 114 valence electrons. The molecule has 4 heteroatoms. The molecular formula is C17H25N3O. The SMILES string of the molecule is CCCNC(c1ccc(OCC)cc1)c1nccn1CC. The maximum Gasteiger partial charge on any atom is 0.130 e. The van der Waals surface area contributed by atoms with Gasteiger partial charge in [0, 0.05) is 18.9 Å². The topological polar surface area (TPSA) is 39.1 Å². The van der Waals surface area contributed by atoms with E-state index in [0.717, 1.165) is 31.1 Å². The van der Waals surface area contributed by atoms with Gasteiger partial charge in [-0.25, -0.2) is 4.98 Å². The van der Waals surface area contributed by atoms with Crippen LogP contribution in [-0.4, -0.2) is 22.7 Å². The summed E-state index contributed by atoms with van der Waals surface area (Å²) in [6.07, 6.45) is 5.00. The Hall–Kier alpha value is -1.81. The van der Waals surface area contributed by atoms with E-state index in [-0.39, 0.29) is 6.04 Å². The molecular weight excluding hydrogens is 262 g/mol. The number of imidazole rings is 1. The van der Waals surface area contributed by atoms with Crippen LogP contribution in [-0.2, 0) is 6.54 Å². The Bertz CT molecular complexity index is 533. The van der Waals surface area contributed by atoms with E-state index in [9.17, 15) is 0 Å². The molecule has 1 unspecified atom stereocenters. The van der Waals surface area contributed by atoms with Crippen molar-refractivity contribution in [2.24, 2.45) is 0 Å². The number of aromatic nitrogens is 2.